The van der Waals surface area contributed by atoms with Gasteiger partial charge in [0, 0.05) is 5.92 Å². The number of alkyl halides is 2. The Hall–Kier alpha value is -4.97. The van der Waals surface area contributed by atoms with Crippen LogP contribution in [0, 0.1) is 52.8 Å². The van der Waals surface area contributed by atoms with Gasteiger partial charge in [-0.1, -0.05) is 35.9 Å². The molecule has 0 radical (unpaired) electrons. The standard InChI is InChI=1S/C36H26BCl2F5N2O9/c1-54-21-10-14(11-22(55-2)30(21)47)6-9-20-17-7-8-18-23(32(49)45(31(18)48)16-5-3-4-15(12-16)37(52)53)19(17)13-35(38)33(50)46(34(51)36(20,35)39)29-27(43)25(41)24(40)26(42)28(29)44/h3-7,9-12,18-20,23,47,52-53H,8,13H2,1-2H3. The molecule has 3 N–H and O–H groups in total. The summed E-state index contributed by atoms with van der Waals surface area (Å²) in [6, 6.07) is 8.04. The van der Waals surface area contributed by atoms with Crippen molar-refractivity contribution < 1.29 is 65.8 Å². The zero-order valence-electron chi connectivity index (χ0n) is 28.3. The van der Waals surface area contributed by atoms with Crippen molar-refractivity contribution in [2.45, 2.75) is 22.6 Å². The van der Waals surface area contributed by atoms with Crippen LogP contribution in [0.1, 0.15) is 18.4 Å². The number of halogens is 7. The first kappa shape index (κ1) is 38.3. The van der Waals surface area contributed by atoms with Gasteiger partial charge in [0.25, 0.3) is 11.8 Å². The molecule has 0 bridgehead atoms. The van der Waals surface area contributed by atoms with Crippen LogP contribution in [0.25, 0.3) is 6.08 Å². The van der Waals surface area contributed by atoms with Crippen molar-refractivity contribution in [3.05, 3.63) is 88.8 Å². The molecule has 2 saturated heterocycles. The fourth-order valence-electron chi connectivity index (χ4n) is 8.11. The smallest absolute Gasteiger partial charge is 0.488 e. The molecule has 286 valence electrons. The lowest BCUT2D eigenvalue weighted by Gasteiger charge is -2.49. The summed E-state index contributed by atoms with van der Waals surface area (Å²) in [5, 5.41) is 29.9. The normalized spacial score (nSPS) is 27.4. The van der Waals surface area contributed by atoms with Crippen LogP contribution in [-0.4, -0.2) is 69.9 Å². The van der Waals surface area contributed by atoms with Crippen LogP contribution in [0.4, 0.5) is 33.3 Å². The van der Waals surface area contributed by atoms with Crippen molar-refractivity contribution in [1.29, 1.82) is 0 Å². The number of nitrogens with zero attached hydrogens (tertiary/aromatic N) is 2. The average molecular weight is 807 g/mol. The Labute approximate surface area is 318 Å². The van der Waals surface area contributed by atoms with E-state index in [0.29, 0.717) is 0 Å². The van der Waals surface area contributed by atoms with E-state index in [4.69, 9.17) is 32.7 Å². The van der Waals surface area contributed by atoms with Crippen molar-refractivity contribution in [3.63, 3.8) is 0 Å². The molecule has 3 aromatic rings. The van der Waals surface area contributed by atoms with Crippen molar-refractivity contribution in [1.82, 2.24) is 0 Å². The Morgan fingerprint density at radius 3 is 2.02 bits per heavy atom. The van der Waals surface area contributed by atoms with E-state index in [1.165, 1.54) is 68.8 Å². The van der Waals surface area contributed by atoms with Crippen LogP contribution < -0.4 is 24.7 Å². The molecule has 2 aliphatic heterocycles. The Bertz CT molecular complexity index is 2240. The molecule has 6 unspecified atom stereocenters. The van der Waals surface area contributed by atoms with Crippen LogP contribution in [-0.2, 0) is 19.2 Å². The van der Waals surface area contributed by atoms with Gasteiger partial charge in [0.2, 0.25) is 23.4 Å². The summed E-state index contributed by atoms with van der Waals surface area (Å²) in [6.07, 6.45) is 3.32. The molecule has 4 aliphatic rings. The summed E-state index contributed by atoms with van der Waals surface area (Å²) >= 11 is 14.2. The lowest BCUT2D eigenvalue weighted by atomic mass is 9.57. The van der Waals surface area contributed by atoms with E-state index in [0.717, 1.165) is 4.90 Å². The Balaban J connectivity index is 1.40. The maximum Gasteiger partial charge on any atom is 0.488 e. The van der Waals surface area contributed by atoms with Crippen molar-refractivity contribution in [2.24, 2.45) is 23.7 Å². The first-order chi connectivity index (χ1) is 25.9. The second kappa shape index (κ2) is 13.4. The van der Waals surface area contributed by atoms with Crippen LogP contribution in [0.15, 0.2) is 54.1 Å². The molecule has 3 aromatic carbocycles. The summed E-state index contributed by atoms with van der Waals surface area (Å²) in [5.41, 5.74) is -1.50. The van der Waals surface area contributed by atoms with Crippen LogP contribution in [0.5, 0.6) is 17.2 Å². The number of methoxy groups -OCH3 is 2. The van der Waals surface area contributed by atoms with Crippen molar-refractivity contribution >= 4 is 76.9 Å². The number of hydrogen-bond acceptors (Lipinski definition) is 9. The third-order valence-electron chi connectivity index (χ3n) is 10.7. The number of benzene rings is 3. The third kappa shape index (κ3) is 5.30. The molecule has 11 nitrogen and oxygen atoms in total. The van der Waals surface area contributed by atoms with Gasteiger partial charge in [-0.3, -0.25) is 24.1 Å². The highest BCUT2D eigenvalue weighted by Gasteiger charge is 2.76. The van der Waals surface area contributed by atoms with Gasteiger partial charge in [0.15, 0.2) is 44.5 Å². The Morgan fingerprint density at radius 2 is 1.44 bits per heavy atom. The maximum atomic E-state index is 15.3. The molecule has 4 amide bonds. The maximum absolute atomic E-state index is 15.3. The molecule has 6 atom stereocenters. The molecule has 0 aromatic heterocycles. The topological polar surface area (TPSA) is 154 Å². The minimum absolute atomic E-state index is 0.00378. The van der Waals surface area contributed by atoms with Gasteiger partial charge in [-0.05, 0) is 54.1 Å². The van der Waals surface area contributed by atoms with E-state index in [9.17, 15) is 47.5 Å². The van der Waals surface area contributed by atoms with Crippen molar-refractivity contribution in [3.8, 4) is 17.2 Å². The van der Waals surface area contributed by atoms with E-state index < -0.39 is 105 Å². The molecule has 0 spiro atoms. The number of carbonyl (C=O) groups is 4. The zero-order valence-corrected chi connectivity index (χ0v) is 29.8. The van der Waals surface area contributed by atoms with Gasteiger partial charge in [-0.25, -0.2) is 26.9 Å². The van der Waals surface area contributed by atoms with Crippen LogP contribution in [0.3, 0.4) is 0 Å². The van der Waals surface area contributed by atoms with Crippen LogP contribution >= 0.6 is 23.2 Å². The zero-order chi connectivity index (χ0) is 40.0. The molecular weight excluding hydrogens is 781 g/mol. The Kier molecular flexibility index (Phi) is 9.31. The summed E-state index contributed by atoms with van der Waals surface area (Å²) in [6.45, 7) is 0. The summed E-state index contributed by atoms with van der Waals surface area (Å²) in [4.78, 5) is 52.0. The van der Waals surface area contributed by atoms with Gasteiger partial charge in [-0.15, -0.1) is 23.2 Å². The lowest BCUT2D eigenvalue weighted by Crippen LogP contribution is -2.60. The van der Waals surface area contributed by atoms with Gasteiger partial charge in [0.1, 0.15) is 5.69 Å². The molecule has 19 heteroatoms. The van der Waals surface area contributed by atoms with E-state index in [2.05, 4.69) is 0 Å². The number of anilines is 2. The number of phenols is 1. The second-order valence-electron chi connectivity index (χ2n) is 13.4. The molecular formula is C36H26BCl2F5N2O9. The highest BCUT2D eigenvalue weighted by molar-refractivity contribution is 6.59. The summed E-state index contributed by atoms with van der Waals surface area (Å²) < 4.78 is 84.0. The van der Waals surface area contributed by atoms with E-state index in [1.807, 2.05) is 0 Å². The van der Waals surface area contributed by atoms with E-state index in [1.54, 1.807) is 0 Å². The van der Waals surface area contributed by atoms with Gasteiger partial charge in [0.05, 0.1) is 31.7 Å². The van der Waals surface area contributed by atoms with Gasteiger partial charge in [-0.2, -0.15) is 0 Å². The number of allylic oxidation sites excluding steroid dienone is 3. The number of fused-ring (bicyclic) bond motifs is 4. The first-order valence-corrected chi connectivity index (χ1v) is 17.1. The molecule has 55 heavy (non-hydrogen) atoms. The quantitative estimate of drug-likeness (QED) is 0.0610. The number of aromatic hydroxyl groups is 1. The SMILES string of the molecule is COc1cc(C=CC2C3=CCC4C(=O)N(c5cccc(B(O)O)c5)C(=O)C4C3CC3(Cl)C(=O)N(c4c(F)c(F)c(F)c(F)c4F)C(=O)C23Cl)cc(OC)c1O. The highest BCUT2D eigenvalue weighted by atomic mass is 35.5. The van der Waals surface area contributed by atoms with E-state index in [-0.39, 0.29) is 50.9 Å². The monoisotopic (exact) mass is 806 g/mol. The molecule has 3 fully saturated rings. The highest BCUT2D eigenvalue weighted by Crippen LogP contribution is 2.64. The third-order valence-corrected chi connectivity index (χ3v) is 12.1. The molecule has 7 rings (SSSR count). The van der Waals surface area contributed by atoms with Gasteiger partial charge < -0.3 is 24.6 Å². The molecule has 2 aliphatic carbocycles. The summed E-state index contributed by atoms with van der Waals surface area (Å²) in [5.74, 6) is -22.8. The fraction of sp³-hybridized carbons (Fsp3) is 0.278. The fourth-order valence-corrected chi connectivity index (χ4v) is 9.00. The number of carbonyl (C=O) groups excluding carboxylic acids is 4. The largest absolute Gasteiger partial charge is 0.502 e. The van der Waals surface area contributed by atoms with Crippen molar-refractivity contribution in [2.75, 3.05) is 24.0 Å². The number of amides is 4. The first-order valence-electron chi connectivity index (χ1n) is 16.4. The number of imide groups is 2. The molecule has 2 heterocycles. The predicted octanol–water partition coefficient (Wildman–Crippen LogP) is 4.10. The van der Waals surface area contributed by atoms with E-state index >= 15 is 8.78 Å². The number of ether oxygens (including phenoxy) is 2. The predicted molar refractivity (Wildman–Crippen MR) is 186 cm³/mol. The van der Waals surface area contributed by atoms with Gasteiger partial charge >= 0.3 is 7.12 Å². The number of hydrogen-bond donors (Lipinski definition) is 3. The number of phenolic OH excluding ortho intramolecular Hbond substituents is 1. The average Bonchev–Trinajstić information content (AvgIpc) is 3.51. The lowest BCUT2D eigenvalue weighted by molar-refractivity contribution is -0.125. The summed E-state index contributed by atoms with van der Waals surface area (Å²) in [7, 11) is 0.575. The minimum Gasteiger partial charge on any atom is -0.502 e. The Morgan fingerprint density at radius 1 is 0.836 bits per heavy atom. The second-order valence-corrected chi connectivity index (χ2v) is 14.6. The molecule has 1 saturated carbocycles. The van der Waals surface area contributed by atoms with Crippen LogP contribution in [0.2, 0.25) is 0 Å². The minimum atomic E-state index is -2.74. The number of rotatable bonds is 7.